The van der Waals surface area contributed by atoms with E-state index in [1.54, 1.807) is 0 Å². The van der Waals surface area contributed by atoms with Crippen LogP contribution < -0.4 is 5.32 Å². The lowest BCUT2D eigenvalue weighted by molar-refractivity contribution is 0.652. The van der Waals surface area contributed by atoms with Crippen LogP contribution >= 0.6 is 0 Å². The van der Waals surface area contributed by atoms with Gasteiger partial charge in [0.05, 0.1) is 6.20 Å². The molecule has 0 aliphatic carbocycles. The molecule has 0 spiro atoms. The summed E-state index contributed by atoms with van der Waals surface area (Å²) in [6.07, 6.45) is 4.06. The maximum absolute atomic E-state index is 4.23. The van der Waals surface area contributed by atoms with Crippen LogP contribution in [0.5, 0.6) is 0 Å². The largest absolute Gasteiger partial charge is 0.319 e. The smallest absolute Gasteiger partial charge is 0.0524 e. The van der Waals surface area contributed by atoms with E-state index in [0.717, 1.165) is 13.1 Å². The molecule has 1 rings (SSSR count). The Morgan fingerprint density at radius 3 is 2.92 bits per heavy atom. The highest BCUT2D eigenvalue weighted by Crippen LogP contribution is 2.12. The van der Waals surface area contributed by atoms with Crippen molar-refractivity contribution in [2.45, 2.75) is 26.3 Å². The van der Waals surface area contributed by atoms with E-state index in [4.69, 9.17) is 0 Å². The average Bonchev–Trinajstić information content (AvgIpc) is 2.52. The number of rotatable bonds is 4. The van der Waals surface area contributed by atoms with Gasteiger partial charge in [-0.25, -0.2) is 0 Å². The van der Waals surface area contributed by atoms with E-state index in [-0.39, 0.29) is 0 Å². The van der Waals surface area contributed by atoms with E-state index in [1.807, 2.05) is 17.9 Å². The molecule has 3 nitrogen and oxygen atoms in total. The number of likely N-dealkylation sites (N-methyl/N-ethyl adjacent to an activating group) is 1. The van der Waals surface area contributed by atoms with Gasteiger partial charge in [-0.3, -0.25) is 4.68 Å². The fourth-order valence-electron chi connectivity index (χ4n) is 1.23. The number of hydrogen-bond acceptors (Lipinski definition) is 2. The van der Waals surface area contributed by atoms with Crippen LogP contribution in [0, 0.1) is 0 Å². The zero-order valence-corrected chi connectivity index (χ0v) is 8.04. The summed E-state index contributed by atoms with van der Waals surface area (Å²) < 4.78 is 1.96. The topological polar surface area (TPSA) is 29.9 Å². The monoisotopic (exact) mass is 167 g/mol. The first-order valence-electron chi connectivity index (χ1n) is 4.44. The summed E-state index contributed by atoms with van der Waals surface area (Å²) in [6, 6.07) is 0. The van der Waals surface area contributed by atoms with Crippen LogP contribution in [0.2, 0.25) is 0 Å². The average molecular weight is 167 g/mol. The molecule has 0 aromatic carbocycles. The molecule has 0 radical (unpaired) electrons. The van der Waals surface area contributed by atoms with Gasteiger partial charge in [0, 0.05) is 19.3 Å². The Hall–Kier alpha value is -0.830. The van der Waals surface area contributed by atoms with Crippen molar-refractivity contribution in [1.29, 1.82) is 0 Å². The number of aromatic nitrogens is 2. The van der Waals surface area contributed by atoms with Crippen molar-refractivity contribution in [2.75, 3.05) is 13.6 Å². The van der Waals surface area contributed by atoms with Crippen LogP contribution in [0.4, 0.5) is 0 Å². The van der Waals surface area contributed by atoms with Crippen LogP contribution in [-0.2, 0) is 6.54 Å². The Balaban J connectivity index is 2.61. The van der Waals surface area contributed by atoms with Gasteiger partial charge in [-0.15, -0.1) is 0 Å². The molecule has 12 heavy (non-hydrogen) atoms. The van der Waals surface area contributed by atoms with E-state index in [2.05, 4.69) is 30.5 Å². The Kier molecular flexibility index (Phi) is 3.29. The Labute approximate surface area is 73.8 Å². The second kappa shape index (κ2) is 4.26. The molecule has 1 heterocycles. The van der Waals surface area contributed by atoms with Crippen molar-refractivity contribution in [3.63, 3.8) is 0 Å². The number of nitrogens with one attached hydrogen (secondary N) is 1. The molecular weight excluding hydrogens is 150 g/mol. The first kappa shape index (κ1) is 9.26. The van der Waals surface area contributed by atoms with Crippen molar-refractivity contribution in [2.24, 2.45) is 0 Å². The van der Waals surface area contributed by atoms with Crippen molar-refractivity contribution >= 4 is 0 Å². The van der Waals surface area contributed by atoms with Crippen molar-refractivity contribution < 1.29 is 0 Å². The number of aryl methyl sites for hydroxylation is 1. The Morgan fingerprint density at radius 2 is 2.42 bits per heavy atom. The molecule has 0 saturated carbocycles. The molecule has 0 saturated heterocycles. The summed E-state index contributed by atoms with van der Waals surface area (Å²) in [4.78, 5) is 0. The molecule has 1 aromatic rings. The van der Waals surface area contributed by atoms with Gasteiger partial charge in [0.2, 0.25) is 0 Å². The minimum atomic E-state index is 0.551. The molecule has 1 aromatic heterocycles. The zero-order valence-electron chi connectivity index (χ0n) is 8.04. The third kappa shape index (κ3) is 2.08. The van der Waals surface area contributed by atoms with Crippen LogP contribution in [-0.4, -0.2) is 23.4 Å². The molecule has 1 N–H and O–H groups in total. The summed E-state index contributed by atoms with van der Waals surface area (Å²) in [5, 5.41) is 7.38. The number of nitrogens with zero attached hydrogens (tertiary/aromatic N) is 2. The Bertz CT molecular complexity index is 229. The summed E-state index contributed by atoms with van der Waals surface area (Å²) in [6.45, 7) is 6.26. The highest BCUT2D eigenvalue weighted by atomic mass is 15.3. The molecule has 3 heteroatoms. The fraction of sp³-hybridized carbons (Fsp3) is 0.667. The molecule has 0 aliphatic heterocycles. The lowest BCUT2D eigenvalue weighted by Crippen LogP contribution is -2.14. The second-order valence-corrected chi connectivity index (χ2v) is 3.09. The normalized spacial score (nSPS) is 13.2. The quantitative estimate of drug-likeness (QED) is 0.731. The SMILES string of the molecule is CCn1cc(C(C)CNC)cn1. The minimum absolute atomic E-state index is 0.551. The first-order chi connectivity index (χ1) is 5.77. The van der Waals surface area contributed by atoms with Gasteiger partial charge in [0.15, 0.2) is 0 Å². The molecule has 0 bridgehead atoms. The second-order valence-electron chi connectivity index (χ2n) is 3.09. The molecular formula is C9H17N3. The van der Waals surface area contributed by atoms with Crippen molar-refractivity contribution in [1.82, 2.24) is 15.1 Å². The zero-order chi connectivity index (χ0) is 8.97. The summed E-state index contributed by atoms with van der Waals surface area (Å²) in [7, 11) is 1.97. The predicted octanol–water partition coefficient (Wildman–Crippen LogP) is 1.23. The third-order valence-electron chi connectivity index (χ3n) is 2.06. The molecule has 1 unspecified atom stereocenters. The first-order valence-corrected chi connectivity index (χ1v) is 4.44. The lowest BCUT2D eigenvalue weighted by Gasteiger charge is -2.06. The van der Waals surface area contributed by atoms with E-state index in [9.17, 15) is 0 Å². The van der Waals surface area contributed by atoms with Crippen LogP contribution in [0.15, 0.2) is 12.4 Å². The van der Waals surface area contributed by atoms with Crippen molar-refractivity contribution in [3.8, 4) is 0 Å². The summed E-state index contributed by atoms with van der Waals surface area (Å²) >= 11 is 0. The fourth-order valence-corrected chi connectivity index (χ4v) is 1.23. The van der Waals surface area contributed by atoms with Gasteiger partial charge in [-0.2, -0.15) is 5.10 Å². The molecule has 68 valence electrons. The highest BCUT2D eigenvalue weighted by molar-refractivity contribution is 5.10. The third-order valence-corrected chi connectivity index (χ3v) is 2.06. The standard InChI is InChI=1S/C9H17N3/c1-4-12-7-9(6-11-12)8(2)5-10-3/h6-8,10H,4-5H2,1-3H3. The summed E-state index contributed by atoms with van der Waals surface area (Å²) in [5.74, 6) is 0.551. The predicted molar refractivity (Wildman–Crippen MR) is 50.2 cm³/mol. The van der Waals surface area contributed by atoms with E-state index in [1.165, 1.54) is 5.56 Å². The minimum Gasteiger partial charge on any atom is -0.319 e. The summed E-state index contributed by atoms with van der Waals surface area (Å²) in [5.41, 5.74) is 1.31. The van der Waals surface area contributed by atoms with Gasteiger partial charge in [-0.1, -0.05) is 6.92 Å². The van der Waals surface area contributed by atoms with Crippen LogP contribution in [0.3, 0.4) is 0 Å². The Morgan fingerprint density at radius 1 is 1.67 bits per heavy atom. The molecule has 0 aliphatic rings. The van der Waals surface area contributed by atoms with Gasteiger partial charge >= 0.3 is 0 Å². The van der Waals surface area contributed by atoms with E-state index >= 15 is 0 Å². The highest BCUT2D eigenvalue weighted by Gasteiger charge is 2.05. The van der Waals surface area contributed by atoms with Crippen LogP contribution in [0.1, 0.15) is 25.3 Å². The maximum atomic E-state index is 4.23. The van der Waals surface area contributed by atoms with Gasteiger partial charge in [0.1, 0.15) is 0 Å². The molecule has 0 fully saturated rings. The van der Waals surface area contributed by atoms with E-state index < -0.39 is 0 Å². The lowest BCUT2D eigenvalue weighted by atomic mass is 10.1. The molecule has 1 atom stereocenters. The van der Waals surface area contributed by atoms with E-state index in [0.29, 0.717) is 5.92 Å². The van der Waals surface area contributed by atoms with Gasteiger partial charge < -0.3 is 5.32 Å². The number of hydrogen-bond donors (Lipinski definition) is 1. The van der Waals surface area contributed by atoms with Gasteiger partial charge in [-0.05, 0) is 25.5 Å². The maximum Gasteiger partial charge on any atom is 0.0524 e. The molecule has 0 amide bonds. The van der Waals surface area contributed by atoms with Gasteiger partial charge in [0.25, 0.3) is 0 Å². The van der Waals surface area contributed by atoms with Crippen molar-refractivity contribution in [3.05, 3.63) is 18.0 Å². The van der Waals surface area contributed by atoms with Crippen LogP contribution in [0.25, 0.3) is 0 Å².